The van der Waals surface area contributed by atoms with Crippen LogP contribution in [0, 0.1) is 12.7 Å². The first kappa shape index (κ1) is 18.0. The summed E-state index contributed by atoms with van der Waals surface area (Å²) >= 11 is 0. The molecule has 0 saturated heterocycles. The Hall–Kier alpha value is -2.77. The summed E-state index contributed by atoms with van der Waals surface area (Å²) in [4.78, 5) is 26.1. The Kier molecular flexibility index (Phi) is 5.29. The molecule has 1 aliphatic carbocycles. The van der Waals surface area contributed by atoms with Gasteiger partial charge in [0, 0.05) is 37.5 Å². The number of halogens is 1. The number of benzene rings is 1. The molecule has 0 bridgehead atoms. The Labute approximate surface area is 151 Å². The van der Waals surface area contributed by atoms with Crippen LogP contribution in [0.5, 0.6) is 0 Å². The number of carbonyl (C=O) groups excluding carboxylic acids is 2. The zero-order valence-corrected chi connectivity index (χ0v) is 14.8. The number of carbonyl (C=O) groups is 2. The minimum Gasteiger partial charge on any atom is -0.353 e. The third-order valence-corrected chi connectivity index (χ3v) is 4.82. The van der Waals surface area contributed by atoms with Gasteiger partial charge in [-0.3, -0.25) is 9.59 Å². The first-order valence-corrected chi connectivity index (χ1v) is 8.61. The molecular formula is C18H22FN5O2. The molecule has 0 radical (unpaired) electrons. The lowest BCUT2D eigenvalue weighted by Crippen LogP contribution is -2.54. The summed E-state index contributed by atoms with van der Waals surface area (Å²) in [7, 11) is 1.74. The molecule has 0 aliphatic heterocycles. The summed E-state index contributed by atoms with van der Waals surface area (Å²) in [5.74, 6) is -0.477. The van der Waals surface area contributed by atoms with Crippen molar-refractivity contribution in [2.24, 2.45) is 0 Å². The van der Waals surface area contributed by atoms with Crippen LogP contribution in [0.1, 0.15) is 40.9 Å². The Bertz CT molecular complexity index is 787. The number of hydrogen-bond acceptors (Lipinski definition) is 4. The van der Waals surface area contributed by atoms with E-state index in [0.717, 1.165) is 18.5 Å². The molecule has 0 unspecified atom stereocenters. The maximum absolute atomic E-state index is 13.4. The normalized spacial score (nSPS) is 18.9. The second kappa shape index (κ2) is 7.63. The Morgan fingerprint density at radius 2 is 2.15 bits per heavy atom. The third kappa shape index (κ3) is 4.07. The highest BCUT2D eigenvalue weighted by molar-refractivity contribution is 5.94. The quantitative estimate of drug-likeness (QED) is 0.820. The number of amides is 2. The molecule has 2 amide bonds. The predicted molar refractivity (Wildman–Crippen MR) is 92.9 cm³/mol. The van der Waals surface area contributed by atoms with Crippen LogP contribution in [0.3, 0.4) is 0 Å². The Balaban J connectivity index is 1.44. The van der Waals surface area contributed by atoms with Crippen LogP contribution >= 0.6 is 0 Å². The van der Waals surface area contributed by atoms with Crippen molar-refractivity contribution in [2.75, 3.05) is 7.05 Å². The summed E-state index contributed by atoms with van der Waals surface area (Å²) in [6.45, 7) is 1.64. The number of rotatable bonds is 6. The molecule has 8 heteroatoms. The van der Waals surface area contributed by atoms with Gasteiger partial charge in [-0.25, -0.2) is 4.39 Å². The Morgan fingerprint density at radius 3 is 2.81 bits per heavy atom. The summed E-state index contributed by atoms with van der Waals surface area (Å²) in [6.07, 6.45) is 3.94. The molecule has 1 aliphatic rings. The van der Waals surface area contributed by atoms with Gasteiger partial charge in [0.25, 0.3) is 5.91 Å². The van der Waals surface area contributed by atoms with Crippen molar-refractivity contribution in [3.63, 3.8) is 0 Å². The first-order chi connectivity index (χ1) is 12.4. The maximum Gasteiger partial charge on any atom is 0.253 e. The summed E-state index contributed by atoms with van der Waals surface area (Å²) in [6, 6.07) is 4.54. The molecule has 0 spiro atoms. The van der Waals surface area contributed by atoms with Crippen molar-refractivity contribution in [3.8, 4) is 0 Å². The van der Waals surface area contributed by atoms with Crippen molar-refractivity contribution in [1.29, 1.82) is 0 Å². The van der Waals surface area contributed by atoms with E-state index in [4.69, 9.17) is 0 Å². The number of hydrogen-bond donors (Lipinski definition) is 2. The van der Waals surface area contributed by atoms with Gasteiger partial charge in [0.2, 0.25) is 5.91 Å². The minimum absolute atomic E-state index is 0.0282. The van der Waals surface area contributed by atoms with Gasteiger partial charge in [-0.2, -0.15) is 15.4 Å². The average molecular weight is 359 g/mol. The van der Waals surface area contributed by atoms with Crippen LogP contribution < -0.4 is 5.32 Å². The zero-order chi connectivity index (χ0) is 18.7. The summed E-state index contributed by atoms with van der Waals surface area (Å²) < 4.78 is 13.4. The number of aromatic amines is 1. The molecule has 0 atom stereocenters. The van der Waals surface area contributed by atoms with Gasteiger partial charge >= 0.3 is 0 Å². The van der Waals surface area contributed by atoms with Crippen LogP contribution in [0.4, 0.5) is 4.39 Å². The lowest BCUT2D eigenvalue weighted by atomic mass is 9.85. The number of nitrogens with zero attached hydrogens (tertiary/aromatic N) is 3. The molecule has 1 heterocycles. The van der Waals surface area contributed by atoms with Crippen LogP contribution in [0.25, 0.3) is 0 Å². The van der Waals surface area contributed by atoms with Gasteiger partial charge < -0.3 is 10.2 Å². The fraction of sp³-hybridized carbons (Fsp3) is 0.444. The summed E-state index contributed by atoms with van der Waals surface area (Å²) in [5.41, 5.74) is 1.69. The van der Waals surface area contributed by atoms with Crippen molar-refractivity contribution >= 4 is 11.8 Å². The fourth-order valence-corrected chi connectivity index (χ4v) is 3.06. The van der Waals surface area contributed by atoms with E-state index in [1.54, 1.807) is 31.1 Å². The number of aromatic nitrogens is 3. The lowest BCUT2D eigenvalue weighted by molar-refractivity contribution is -0.122. The zero-order valence-electron chi connectivity index (χ0n) is 14.8. The van der Waals surface area contributed by atoms with Gasteiger partial charge in [0.15, 0.2) is 0 Å². The molecule has 3 rings (SSSR count). The average Bonchev–Trinajstić information content (AvgIpc) is 3.10. The monoisotopic (exact) mass is 359 g/mol. The van der Waals surface area contributed by atoms with Crippen molar-refractivity contribution in [3.05, 3.63) is 47.0 Å². The van der Waals surface area contributed by atoms with E-state index in [9.17, 15) is 14.0 Å². The van der Waals surface area contributed by atoms with Gasteiger partial charge in [-0.05, 0) is 43.5 Å². The van der Waals surface area contributed by atoms with E-state index in [1.165, 1.54) is 12.1 Å². The molecule has 7 nitrogen and oxygen atoms in total. The second-order valence-electron chi connectivity index (χ2n) is 6.73. The minimum atomic E-state index is -0.318. The van der Waals surface area contributed by atoms with Crippen molar-refractivity contribution < 1.29 is 14.0 Å². The van der Waals surface area contributed by atoms with E-state index in [-0.39, 0.29) is 29.7 Å². The molecule has 138 valence electrons. The van der Waals surface area contributed by atoms with Crippen LogP contribution in [-0.4, -0.2) is 51.3 Å². The maximum atomic E-state index is 13.4. The van der Waals surface area contributed by atoms with Crippen LogP contribution in [0.15, 0.2) is 24.4 Å². The predicted octanol–water partition coefficient (Wildman–Crippen LogP) is 1.60. The molecular weight excluding hydrogens is 337 g/mol. The molecule has 1 fully saturated rings. The third-order valence-electron chi connectivity index (χ3n) is 4.82. The van der Waals surface area contributed by atoms with Crippen LogP contribution in [0.2, 0.25) is 0 Å². The molecule has 1 saturated carbocycles. The van der Waals surface area contributed by atoms with Gasteiger partial charge in [-0.1, -0.05) is 0 Å². The van der Waals surface area contributed by atoms with Gasteiger partial charge in [0.05, 0.1) is 11.9 Å². The van der Waals surface area contributed by atoms with E-state index in [1.807, 2.05) is 0 Å². The molecule has 26 heavy (non-hydrogen) atoms. The van der Waals surface area contributed by atoms with Gasteiger partial charge in [-0.15, -0.1) is 0 Å². The largest absolute Gasteiger partial charge is 0.353 e. The van der Waals surface area contributed by atoms with E-state index < -0.39 is 0 Å². The number of nitrogens with one attached hydrogen (secondary N) is 2. The first-order valence-electron chi connectivity index (χ1n) is 8.61. The SMILES string of the molecule is Cc1cc(C(=O)N(C)C2CC(NC(=O)CCc3cn[nH]n3)C2)ccc1F. The number of aryl methyl sites for hydroxylation is 2. The highest BCUT2D eigenvalue weighted by Gasteiger charge is 2.35. The van der Waals surface area contributed by atoms with Crippen LogP contribution in [-0.2, 0) is 11.2 Å². The van der Waals surface area contributed by atoms with E-state index in [0.29, 0.717) is 24.0 Å². The van der Waals surface area contributed by atoms with Gasteiger partial charge in [0.1, 0.15) is 5.82 Å². The molecule has 1 aromatic heterocycles. The molecule has 2 aromatic rings. The number of H-pyrrole nitrogens is 1. The smallest absolute Gasteiger partial charge is 0.253 e. The highest BCUT2D eigenvalue weighted by Crippen LogP contribution is 2.26. The van der Waals surface area contributed by atoms with E-state index in [2.05, 4.69) is 20.7 Å². The second-order valence-corrected chi connectivity index (χ2v) is 6.73. The lowest BCUT2D eigenvalue weighted by Gasteiger charge is -2.41. The Morgan fingerprint density at radius 1 is 1.38 bits per heavy atom. The van der Waals surface area contributed by atoms with Crippen molar-refractivity contribution in [2.45, 2.75) is 44.7 Å². The summed E-state index contributed by atoms with van der Waals surface area (Å²) in [5, 5.41) is 13.1. The standard InChI is InChI=1S/C18H22FN5O2/c1-11-7-12(3-5-16(11)19)18(26)24(2)15-8-14(9-15)21-17(25)6-4-13-10-20-23-22-13/h3,5,7,10,14-15H,4,6,8-9H2,1-2H3,(H,21,25)(H,20,22,23). The molecule has 2 N–H and O–H groups in total. The highest BCUT2D eigenvalue weighted by atomic mass is 19.1. The van der Waals surface area contributed by atoms with Crippen molar-refractivity contribution in [1.82, 2.24) is 25.6 Å². The topological polar surface area (TPSA) is 91.0 Å². The fourth-order valence-electron chi connectivity index (χ4n) is 3.06. The molecule has 1 aromatic carbocycles. The van der Waals surface area contributed by atoms with E-state index >= 15 is 0 Å².